The molecule has 0 aromatic carbocycles. The molecule has 1 unspecified atom stereocenters. The Morgan fingerprint density at radius 2 is 2.19 bits per heavy atom. The van der Waals surface area contributed by atoms with Crippen LogP contribution < -0.4 is 0 Å². The van der Waals surface area contributed by atoms with Gasteiger partial charge in [-0.25, -0.2) is 21.8 Å². The number of sulfonamides is 1. The standard InChI is InChI=1S/C12H13ClN2O4S2/c1-2-6-15(10-5-7-20(16,17)9-10)21(18,19)11-3-4-12(13)14-8-11/h1,3-4,8,10H,5-7,9H2. The molecule has 1 aliphatic rings. The Bertz CT molecular complexity index is 766. The number of halogens is 1. The summed E-state index contributed by atoms with van der Waals surface area (Å²) in [7, 11) is -7.13. The number of hydrogen-bond donors (Lipinski definition) is 0. The maximum absolute atomic E-state index is 12.6. The van der Waals surface area contributed by atoms with Crippen LogP contribution in [0.4, 0.5) is 0 Å². The molecule has 2 rings (SSSR count). The van der Waals surface area contributed by atoms with Crippen LogP contribution >= 0.6 is 11.6 Å². The van der Waals surface area contributed by atoms with Gasteiger partial charge in [0.25, 0.3) is 0 Å². The molecule has 114 valence electrons. The molecule has 0 amide bonds. The highest BCUT2D eigenvalue weighted by molar-refractivity contribution is 7.92. The van der Waals surface area contributed by atoms with Crippen molar-refractivity contribution in [2.75, 3.05) is 18.1 Å². The van der Waals surface area contributed by atoms with Crippen molar-refractivity contribution in [1.29, 1.82) is 0 Å². The highest BCUT2D eigenvalue weighted by Gasteiger charge is 2.38. The fourth-order valence-electron chi connectivity index (χ4n) is 2.15. The molecule has 1 aromatic rings. The first-order valence-electron chi connectivity index (χ1n) is 6.03. The van der Waals surface area contributed by atoms with E-state index >= 15 is 0 Å². The maximum atomic E-state index is 12.6. The van der Waals surface area contributed by atoms with Crippen LogP contribution in [0.25, 0.3) is 0 Å². The van der Waals surface area contributed by atoms with E-state index in [1.165, 1.54) is 12.1 Å². The topological polar surface area (TPSA) is 84.4 Å². The first-order chi connectivity index (χ1) is 9.76. The van der Waals surface area contributed by atoms with E-state index in [2.05, 4.69) is 10.9 Å². The van der Waals surface area contributed by atoms with E-state index in [-0.39, 0.29) is 34.5 Å². The molecule has 1 atom stereocenters. The van der Waals surface area contributed by atoms with Crippen molar-refractivity contribution in [2.24, 2.45) is 0 Å². The van der Waals surface area contributed by atoms with Crippen LogP contribution in [0.1, 0.15) is 6.42 Å². The van der Waals surface area contributed by atoms with Gasteiger partial charge in [-0.1, -0.05) is 17.5 Å². The van der Waals surface area contributed by atoms with Gasteiger partial charge in [0.05, 0.1) is 18.1 Å². The van der Waals surface area contributed by atoms with Gasteiger partial charge in [0.15, 0.2) is 9.84 Å². The lowest BCUT2D eigenvalue weighted by molar-refractivity contribution is 0.371. The second-order valence-electron chi connectivity index (χ2n) is 4.63. The van der Waals surface area contributed by atoms with Crippen molar-refractivity contribution in [2.45, 2.75) is 17.4 Å². The summed E-state index contributed by atoms with van der Waals surface area (Å²) < 4.78 is 49.3. The van der Waals surface area contributed by atoms with Gasteiger partial charge in [-0.3, -0.25) is 0 Å². The third kappa shape index (κ3) is 3.55. The molecular formula is C12H13ClN2O4S2. The third-order valence-corrected chi connectivity index (χ3v) is 7.03. The third-order valence-electron chi connectivity index (χ3n) is 3.17. The van der Waals surface area contributed by atoms with Crippen LogP contribution in [0.3, 0.4) is 0 Å². The Hall–Kier alpha value is -1.14. The van der Waals surface area contributed by atoms with Crippen LogP contribution in [-0.2, 0) is 19.9 Å². The Labute approximate surface area is 129 Å². The van der Waals surface area contributed by atoms with Gasteiger partial charge in [-0.15, -0.1) is 6.42 Å². The van der Waals surface area contributed by atoms with Crippen LogP contribution in [0.2, 0.25) is 5.15 Å². The van der Waals surface area contributed by atoms with Crippen molar-refractivity contribution < 1.29 is 16.8 Å². The summed E-state index contributed by atoms with van der Waals surface area (Å²) in [5.41, 5.74) is 0. The van der Waals surface area contributed by atoms with Gasteiger partial charge in [0, 0.05) is 12.2 Å². The fraction of sp³-hybridized carbons (Fsp3) is 0.417. The van der Waals surface area contributed by atoms with Crippen molar-refractivity contribution >= 4 is 31.5 Å². The molecule has 0 radical (unpaired) electrons. The van der Waals surface area contributed by atoms with E-state index in [0.717, 1.165) is 10.5 Å². The predicted molar refractivity (Wildman–Crippen MR) is 79.0 cm³/mol. The lowest BCUT2D eigenvalue weighted by Gasteiger charge is -2.25. The molecule has 2 heterocycles. The number of aromatic nitrogens is 1. The average molecular weight is 349 g/mol. The first-order valence-corrected chi connectivity index (χ1v) is 9.67. The summed E-state index contributed by atoms with van der Waals surface area (Å²) in [5.74, 6) is 2.02. The number of nitrogens with zero attached hydrogens (tertiary/aromatic N) is 2. The van der Waals surface area contributed by atoms with Crippen molar-refractivity contribution in [1.82, 2.24) is 9.29 Å². The molecule has 9 heteroatoms. The second kappa shape index (κ2) is 5.93. The molecule has 21 heavy (non-hydrogen) atoms. The second-order valence-corrected chi connectivity index (χ2v) is 9.13. The van der Waals surface area contributed by atoms with Gasteiger partial charge in [-0.05, 0) is 18.6 Å². The molecule has 0 spiro atoms. The van der Waals surface area contributed by atoms with Crippen molar-refractivity contribution in [3.8, 4) is 12.3 Å². The van der Waals surface area contributed by atoms with E-state index in [4.69, 9.17) is 18.0 Å². The zero-order valence-electron chi connectivity index (χ0n) is 10.9. The molecule has 1 aromatic heterocycles. The van der Waals surface area contributed by atoms with Gasteiger partial charge in [0.1, 0.15) is 10.0 Å². The minimum absolute atomic E-state index is 0.0346. The zero-order chi connectivity index (χ0) is 15.7. The monoisotopic (exact) mass is 348 g/mol. The quantitative estimate of drug-likeness (QED) is 0.586. The van der Waals surface area contributed by atoms with E-state index in [0.29, 0.717) is 0 Å². The van der Waals surface area contributed by atoms with Crippen LogP contribution in [0.5, 0.6) is 0 Å². The number of terminal acetylenes is 1. The SMILES string of the molecule is C#CCN(C1CCS(=O)(=O)C1)S(=O)(=O)c1ccc(Cl)nc1. The molecule has 0 aliphatic carbocycles. The highest BCUT2D eigenvalue weighted by Crippen LogP contribution is 2.24. The largest absolute Gasteiger partial charge is 0.245 e. The van der Waals surface area contributed by atoms with Gasteiger partial charge < -0.3 is 0 Å². The maximum Gasteiger partial charge on any atom is 0.245 e. The molecule has 0 saturated carbocycles. The van der Waals surface area contributed by atoms with E-state index in [1.54, 1.807) is 0 Å². The molecule has 6 nitrogen and oxygen atoms in total. The number of rotatable bonds is 4. The van der Waals surface area contributed by atoms with Crippen molar-refractivity contribution in [3.05, 3.63) is 23.5 Å². The Kier molecular flexibility index (Phi) is 4.58. The van der Waals surface area contributed by atoms with Gasteiger partial charge >= 0.3 is 0 Å². The lowest BCUT2D eigenvalue weighted by Crippen LogP contribution is -2.41. The zero-order valence-corrected chi connectivity index (χ0v) is 13.3. The average Bonchev–Trinajstić information content (AvgIpc) is 2.76. The highest BCUT2D eigenvalue weighted by atomic mass is 35.5. The molecule has 0 N–H and O–H groups in total. The summed E-state index contributed by atoms with van der Waals surface area (Å²) in [6.45, 7) is -0.189. The smallest absolute Gasteiger partial charge is 0.243 e. The normalized spacial score (nSPS) is 21.3. The number of pyridine rings is 1. The predicted octanol–water partition coefficient (Wildman–Crippen LogP) is 0.546. The lowest BCUT2D eigenvalue weighted by atomic mass is 10.3. The summed E-state index contributed by atoms with van der Waals surface area (Å²) in [6, 6.07) is 2.03. The summed E-state index contributed by atoms with van der Waals surface area (Å²) in [4.78, 5) is 3.67. The van der Waals surface area contributed by atoms with Gasteiger partial charge in [0.2, 0.25) is 10.0 Å². The van der Waals surface area contributed by atoms with Crippen LogP contribution in [0.15, 0.2) is 23.2 Å². The van der Waals surface area contributed by atoms with Crippen molar-refractivity contribution in [3.63, 3.8) is 0 Å². The fourth-order valence-corrected chi connectivity index (χ4v) is 5.60. The van der Waals surface area contributed by atoms with Crippen LogP contribution in [0, 0.1) is 12.3 Å². The van der Waals surface area contributed by atoms with Crippen LogP contribution in [-0.4, -0.2) is 50.2 Å². The summed E-state index contributed by atoms with van der Waals surface area (Å²) in [6.07, 6.45) is 6.59. The minimum atomic E-state index is -3.91. The van der Waals surface area contributed by atoms with Gasteiger partial charge in [-0.2, -0.15) is 4.31 Å². The number of sulfone groups is 1. The number of hydrogen-bond acceptors (Lipinski definition) is 5. The summed E-state index contributed by atoms with van der Waals surface area (Å²) >= 11 is 5.64. The van der Waals surface area contributed by atoms with E-state index in [9.17, 15) is 16.8 Å². The summed E-state index contributed by atoms with van der Waals surface area (Å²) in [5, 5.41) is 0.167. The minimum Gasteiger partial charge on any atom is -0.243 e. The molecule has 0 bridgehead atoms. The molecule has 1 saturated heterocycles. The Morgan fingerprint density at radius 3 is 2.67 bits per heavy atom. The Balaban J connectivity index is 2.38. The molecular weight excluding hydrogens is 336 g/mol. The molecule has 1 fully saturated rings. The molecule has 1 aliphatic heterocycles. The Morgan fingerprint density at radius 1 is 1.48 bits per heavy atom. The first kappa shape index (κ1) is 16.2. The van der Waals surface area contributed by atoms with E-state index in [1.807, 2.05) is 0 Å². The van der Waals surface area contributed by atoms with E-state index < -0.39 is 25.9 Å².